The van der Waals surface area contributed by atoms with E-state index in [1.165, 1.54) is 0 Å². The van der Waals surface area contributed by atoms with E-state index in [-0.39, 0.29) is 11.6 Å². The van der Waals surface area contributed by atoms with Crippen LogP contribution in [0.25, 0.3) is 0 Å². The second kappa shape index (κ2) is 7.04. The molecule has 6 heteroatoms. The lowest BCUT2D eigenvalue weighted by Crippen LogP contribution is -2.32. The summed E-state index contributed by atoms with van der Waals surface area (Å²) < 4.78 is 10.6. The van der Waals surface area contributed by atoms with Crippen molar-refractivity contribution < 1.29 is 14.3 Å². The first kappa shape index (κ1) is 15.3. The van der Waals surface area contributed by atoms with Gasteiger partial charge in [0.15, 0.2) is 5.13 Å². The Hall–Kier alpha value is -1.14. The second-order valence-corrected chi connectivity index (χ2v) is 6.06. The number of nitrogens with zero attached hydrogens (tertiary/aromatic N) is 1. The quantitative estimate of drug-likeness (QED) is 0.784. The molecule has 20 heavy (non-hydrogen) atoms. The maximum absolute atomic E-state index is 11.3. The van der Waals surface area contributed by atoms with Crippen LogP contribution < -0.4 is 5.32 Å². The Morgan fingerprint density at radius 3 is 3.20 bits per heavy atom. The molecule has 1 aliphatic rings. The molecular weight excluding hydrogens is 276 g/mol. The number of hydrogen-bond donors (Lipinski definition) is 1. The average molecular weight is 298 g/mol. The second-order valence-electron chi connectivity index (χ2n) is 5.20. The standard InChI is InChI=1S/C14H22N2O3S/c1-3-18-12(17)6-5-11-9-20-13(16-11)15-10-14(2)7-4-8-19-14/h9H,3-8,10H2,1-2H3,(H,15,16). The molecule has 5 nitrogen and oxygen atoms in total. The minimum Gasteiger partial charge on any atom is -0.466 e. The number of esters is 1. The first-order valence-corrected chi connectivity index (χ1v) is 7.97. The third kappa shape index (κ3) is 4.45. The molecule has 1 unspecified atom stereocenters. The van der Waals surface area contributed by atoms with Gasteiger partial charge in [0.05, 0.1) is 24.3 Å². The minimum atomic E-state index is -0.165. The molecule has 112 valence electrons. The van der Waals surface area contributed by atoms with Gasteiger partial charge in [0.2, 0.25) is 0 Å². The van der Waals surface area contributed by atoms with Gasteiger partial charge >= 0.3 is 5.97 Å². The normalized spacial score (nSPS) is 21.9. The van der Waals surface area contributed by atoms with Crippen LogP contribution in [0.5, 0.6) is 0 Å². The van der Waals surface area contributed by atoms with Crippen LogP contribution in [0.4, 0.5) is 5.13 Å². The molecule has 1 saturated heterocycles. The van der Waals surface area contributed by atoms with E-state index in [4.69, 9.17) is 9.47 Å². The average Bonchev–Trinajstić information content (AvgIpc) is 3.04. The Bertz CT molecular complexity index is 441. The van der Waals surface area contributed by atoms with Crippen molar-refractivity contribution in [3.8, 4) is 0 Å². The van der Waals surface area contributed by atoms with Crippen molar-refractivity contribution in [1.29, 1.82) is 0 Å². The van der Waals surface area contributed by atoms with E-state index in [9.17, 15) is 4.79 Å². The van der Waals surface area contributed by atoms with Crippen molar-refractivity contribution in [1.82, 2.24) is 4.98 Å². The highest BCUT2D eigenvalue weighted by Gasteiger charge is 2.29. The monoisotopic (exact) mass is 298 g/mol. The number of carbonyl (C=O) groups is 1. The molecule has 1 atom stereocenters. The van der Waals surface area contributed by atoms with Crippen molar-refractivity contribution in [3.05, 3.63) is 11.1 Å². The van der Waals surface area contributed by atoms with Gasteiger partial charge in [0.1, 0.15) is 0 Å². The minimum absolute atomic E-state index is 0.0727. The zero-order valence-electron chi connectivity index (χ0n) is 12.1. The molecule has 0 bridgehead atoms. The van der Waals surface area contributed by atoms with Crippen LogP contribution in [0.15, 0.2) is 5.38 Å². The van der Waals surface area contributed by atoms with Gasteiger partial charge in [0, 0.05) is 25.0 Å². The fourth-order valence-electron chi connectivity index (χ4n) is 2.21. The van der Waals surface area contributed by atoms with E-state index in [0.29, 0.717) is 19.4 Å². The Morgan fingerprint density at radius 1 is 1.65 bits per heavy atom. The van der Waals surface area contributed by atoms with Gasteiger partial charge in [-0.3, -0.25) is 4.79 Å². The summed E-state index contributed by atoms with van der Waals surface area (Å²) in [5, 5.41) is 6.20. The first-order chi connectivity index (χ1) is 9.61. The molecule has 0 saturated carbocycles. The fraction of sp³-hybridized carbons (Fsp3) is 0.714. The van der Waals surface area contributed by atoms with Gasteiger partial charge in [-0.25, -0.2) is 4.98 Å². The number of aryl methyl sites for hydroxylation is 1. The molecule has 2 rings (SSSR count). The van der Waals surface area contributed by atoms with Crippen molar-refractivity contribution in [2.24, 2.45) is 0 Å². The third-order valence-corrected chi connectivity index (χ3v) is 4.21. The Labute approximate surface area is 123 Å². The van der Waals surface area contributed by atoms with Gasteiger partial charge in [0.25, 0.3) is 0 Å². The maximum atomic E-state index is 11.3. The Morgan fingerprint density at radius 2 is 2.50 bits per heavy atom. The lowest BCUT2D eigenvalue weighted by Gasteiger charge is -2.22. The van der Waals surface area contributed by atoms with Gasteiger partial charge in [-0.2, -0.15) is 0 Å². The van der Waals surface area contributed by atoms with Crippen LogP contribution in [-0.2, 0) is 20.7 Å². The summed E-state index contributed by atoms with van der Waals surface area (Å²) in [6.07, 6.45) is 3.23. The summed E-state index contributed by atoms with van der Waals surface area (Å²) in [6, 6.07) is 0. The zero-order chi connectivity index (χ0) is 14.4. The number of nitrogens with one attached hydrogen (secondary N) is 1. The van der Waals surface area contributed by atoms with Crippen LogP contribution in [0.2, 0.25) is 0 Å². The number of rotatable bonds is 7. The van der Waals surface area contributed by atoms with E-state index in [1.807, 2.05) is 12.3 Å². The number of carbonyl (C=O) groups excluding carboxylic acids is 1. The molecule has 0 aromatic carbocycles. The zero-order valence-corrected chi connectivity index (χ0v) is 12.9. The highest BCUT2D eigenvalue weighted by atomic mass is 32.1. The Balaban J connectivity index is 1.75. The first-order valence-electron chi connectivity index (χ1n) is 7.09. The van der Waals surface area contributed by atoms with Crippen molar-refractivity contribution in [3.63, 3.8) is 0 Å². The lowest BCUT2D eigenvalue weighted by molar-refractivity contribution is -0.143. The van der Waals surface area contributed by atoms with Crippen molar-refractivity contribution >= 4 is 22.4 Å². The molecule has 1 aromatic rings. The molecule has 0 aliphatic carbocycles. The molecule has 1 aliphatic heterocycles. The number of hydrogen-bond acceptors (Lipinski definition) is 6. The summed E-state index contributed by atoms with van der Waals surface area (Å²) in [6.45, 7) is 6.00. The largest absolute Gasteiger partial charge is 0.466 e. The summed E-state index contributed by atoms with van der Waals surface area (Å²) >= 11 is 1.57. The predicted octanol–water partition coefficient (Wildman–Crippen LogP) is 2.62. The molecule has 0 amide bonds. The van der Waals surface area contributed by atoms with Crippen LogP contribution in [0, 0.1) is 0 Å². The molecule has 1 aromatic heterocycles. The number of thiazole rings is 1. The highest BCUT2D eigenvalue weighted by Crippen LogP contribution is 2.26. The smallest absolute Gasteiger partial charge is 0.306 e. The topological polar surface area (TPSA) is 60.5 Å². The molecule has 1 fully saturated rings. The Kier molecular flexibility index (Phi) is 5.37. The number of aromatic nitrogens is 1. The number of anilines is 1. The number of ether oxygens (including phenoxy) is 2. The summed E-state index contributed by atoms with van der Waals surface area (Å²) in [7, 11) is 0. The van der Waals surface area contributed by atoms with E-state index < -0.39 is 0 Å². The van der Waals surface area contributed by atoms with Gasteiger partial charge < -0.3 is 14.8 Å². The summed E-state index contributed by atoms with van der Waals surface area (Å²) in [5.41, 5.74) is 0.861. The lowest BCUT2D eigenvalue weighted by atomic mass is 10.0. The van der Waals surface area contributed by atoms with E-state index in [1.54, 1.807) is 11.3 Å². The molecule has 0 radical (unpaired) electrons. The van der Waals surface area contributed by atoms with Crippen LogP contribution >= 0.6 is 11.3 Å². The van der Waals surface area contributed by atoms with Crippen LogP contribution in [0.1, 0.15) is 38.8 Å². The summed E-state index contributed by atoms with van der Waals surface area (Å²) in [5.74, 6) is -0.165. The van der Waals surface area contributed by atoms with Gasteiger partial charge in [-0.1, -0.05) is 0 Å². The van der Waals surface area contributed by atoms with Gasteiger partial charge in [-0.15, -0.1) is 11.3 Å². The third-order valence-electron chi connectivity index (χ3n) is 3.36. The van der Waals surface area contributed by atoms with Crippen LogP contribution in [-0.4, -0.2) is 36.3 Å². The van der Waals surface area contributed by atoms with E-state index in [0.717, 1.165) is 36.8 Å². The maximum Gasteiger partial charge on any atom is 0.306 e. The predicted molar refractivity (Wildman–Crippen MR) is 79.1 cm³/mol. The van der Waals surface area contributed by atoms with Gasteiger partial charge in [-0.05, 0) is 26.7 Å². The highest BCUT2D eigenvalue weighted by molar-refractivity contribution is 7.13. The molecule has 1 N–H and O–H groups in total. The van der Waals surface area contributed by atoms with Crippen LogP contribution in [0.3, 0.4) is 0 Å². The SMILES string of the molecule is CCOC(=O)CCc1csc(NCC2(C)CCCO2)n1. The van der Waals surface area contributed by atoms with E-state index in [2.05, 4.69) is 17.2 Å². The molecular formula is C14H22N2O3S. The molecule has 0 spiro atoms. The fourth-order valence-corrected chi connectivity index (χ4v) is 2.95. The van der Waals surface area contributed by atoms with Crippen molar-refractivity contribution in [2.45, 2.75) is 45.1 Å². The van der Waals surface area contributed by atoms with E-state index >= 15 is 0 Å². The van der Waals surface area contributed by atoms with Crippen molar-refractivity contribution in [2.75, 3.05) is 25.1 Å². The summed E-state index contributed by atoms with van der Waals surface area (Å²) in [4.78, 5) is 15.8. The molecule has 2 heterocycles.